The summed E-state index contributed by atoms with van der Waals surface area (Å²) in [5.74, 6) is -0.915. The number of aliphatic hydroxyl groups excluding tert-OH is 2. The molecule has 0 aromatic heterocycles. The van der Waals surface area contributed by atoms with Gasteiger partial charge in [-0.3, -0.25) is 4.79 Å². The van der Waals surface area contributed by atoms with Crippen molar-refractivity contribution in [2.45, 2.75) is 38.9 Å². The lowest BCUT2D eigenvalue weighted by Crippen LogP contribution is -2.37. The number of rotatable bonds is 6. The molecule has 0 bridgehead atoms. The number of benzene rings is 1. The van der Waals surface area contributed by atoms with Gasteiger partial charge in [-0.2, -0.15) is 0 Å². The first kappa shape index (κ1) is 13.9. The average molecular weight is 236 g/mol. The highest BCUT2D eigenvalue weighted by molar-refractivity contribution is 5.98. The summed E-state index contributed by atoms with van der Waals surface area (Å²) in [6.07, 6.45) is -0.670. The van der Waals surface area contributed by atoms with Crippen LogP contribution in [0.1, 0.15) is 37.0 Å². The molecule has 0 heterocycles. The van der Waals surface area contributed by atoms with Crippen molar-refractivity contribution in [3.63, 3.8) is 0 Å². The summed E-state index contributed by atoms with van der Waals surface area (Å²) < 4.78 is 0. The minimum atomic E-state index is -0.794. The van der Waals surface area contributed by atoms with E-state index < -0.39 is 18.1 Å². The van der Waals surface area contributed by atoms with Gasteiger partial charge >= 0.3 is 0 Å². The first-order chi connectivity index (χ1) is 8.11. The van der Waals surface area contributed by atoms with E-state index in [-0.39, 0.29) is 5.78 Å². The maximum Gasteiger partial charge on any atom is 0.171 e. The maximum absolute atomic E-state index is 12.2. The molecule has 0 saturated heterocycles. The van der Waals surface area contributed by atoms with Gasteiger partial charge in [0.05, 0.1) is 18.1 Å². The van der Waals surface area contributed by atoms with Gasteiger partial charge < -0.3 is 10.2 Å². The van der Waals surface area contributed by atoms with Crippen molar-refractivity contribution in [3.05, 3.63) is 35.9 Å². The van der Waals surface area contributed by atoms with Crippen LogP contribution in [0.4, 0.5) is 0 Å². The fraction of sp³-hybridized carbons (Fsp3) is 0.500. The van der Waals surface area contributed by atoms with Gasteiger partial charge in [-0.05, 0) is 12.8 Å². The second kappa shape index (κ2) is 6.52. The molecule has 3 atom stereocenters. The van der Waals surface area contributed by atoms with Crippen LogP contribution in [0.3, 0.4) is 0 Å². The van der Waals surface area contributed by atoms with E-state index in [4.69, 9.17) is 0 Å². The van der Waals surface area contributed by atoms with E-state index in [0.29, 0.717) is 18.4 Å². The summed E-state index contributed by atoms with van der Waals surface area (Å²) in [4.78, 5) is 12.2. The molecule has 94 valence electrons. The quantitative estimate of drug-likeness (QED) is 0.743. The van der Waals surface area contributed by atoms with Crippen molar-refractivity contribution in [1.29, 1.82) is 0 Å². The zero-order valence-electron chi connectivity index (χ0n) is 10.3. The average Bonchev–Trinajstić information content (AvgIpc) is 2.39. The fourth-order valence-electron chi connectivity index (χ4n) is 1.91. The Morgan fingerprint density at radius 1 is 1.06 bits per heavy atom. The van der Waals surface area contributed by atoms with Gasteiger partial charge in [-0.1, -0.05) is 44.2 Å². The van der Waals surface area contributed by atoms with Crippen LogP contribution in [0.15, 0.2) is 30.3 Å². The van der Waals surface area contributed by atoms with Crippen LogP contribution in [-0.2, 0) is 0 Å². The fourth-order valence-corrected chi connectivity index (χ4v) is 1.91. The second-order valence-corrected chi connectivity index (χ2v) is 4.21. The molecule has 1 aromatic carbocycles. The molecule has 1 rings (SSSR count). The van der Waals surface area contributed by atoms with E-state index in [1.165, 1.54) is 0 Å². The Balaban J connectivity index is 2.95. The summed E-state index contributed by atoms with van der Waals surface area (Å²) in [5, 5.41) is 19.7. The zero-order chi connectivity index (χ0) is 12.8. The van der Waals surface area contributed by atoms with Crippen LogP contribution in [0.25, 0.3) is 0 Å². The standard InChI is InChI=1S/C14H20O3/c1-3-11(15)13(12(16)4-2)14(17)10-8-6-5-7-9-10/h5-9,11-13,15-16H,3-4H2,1-2H3/t11-,12+,13?. The van der Waals surface area contributed by atoms with E-state index in [2.05, 4.69) is 0 Å². The summed E-state index contributed by atoms with van der Waals surface area (Å²) in [6, 6.07) is 8.81. The van der Waals surface area contributed by atoms with E-state index in [1.807, 2.05) is 6.07 Å². The molecule has 0 amide bonds. The minimum Gasteiger partial charge on any atom is -0.392 e. The van der Waals surface area contributed by atoms with Crippen LogP contribution in [-0.4, -0.2) is 28.2 Å². The Morgan fingerprint density at radius 2 is 1.53 bits per heavy atom. The molecule has 1 unspecified atom stereocenters. The predicted octanol–water partition coefficient (Wildman–Crippen LogP) is 2.03. The van der Waals surface area contributed by atoms with Crippen molar-refractivity contribution >= 4 is 5.78 Å². The van der Waals surface area contributed by atoms with Crippen molar-refractivity contribution < 1.29 is 15.0 Å². The van der Waals surface area contributed by atoms with Crippen molar-refractivity contribution in [3.8, 4) is 0 Å². The predicted molar refractivity (Wildman–Crippen MR) is 66.9 cm³/mol. The molecule has 2 N–H and O–H groups in total. The monoisotopic (exact) mass is 236 g/mol. The third-order valence-corrected chi connectivity index (χ3v) is 3.03. The minimum absolute atomic E-state index is 0.186. The molecule has 0 aliphatic rings. The van der Waals surface area contributed by atoms with Gasteiger partial charge in [0.2, 0.25) is 0 Å². The molecule has 3 heteroatoms. The first-order valence-electron chi connectivity index (χ1n) is 6.07. The molecule has 1 aromatic rings. The highest BCUT2D eigenvalue weighted by atomic mass is 16.3. The Morgan fingerprint density at radius 3 is 1.94 bits per heavy atom. The van der Waals surface area contributed by atoms with Crippen molar-refractivity contribution in [1.82, 2.24) is 0 Å². The number of carbonyl (C=O) groups is 1. The molecule has 0 saturated carbocycles. The van der Waals surface area contributed by atoms with Crippen LogP contribution in [0, 0.1) is 5.92 Å². The molecular weight excluding hydrogens is 216 g/mol. The smallest absolute Gasteiger partial charge is 0.171 e. The van der Waals surface area contributed by atoms with Gasteiger partial charge in [0.1, 0.15) is 0 Å². The van der Waals surface area contributed by atoms with Crippen LogP contribution in [0.5, 0.6) is 0 Å². The second-order valence-electron chi connectivity index (χ2n) is 4.21. The maximum atomic E-state index is 12.2. The molecule has 0 fully saturated rings. The lowest BCUT2D eigenvalue weighted by Gasteiger charge is -2.25. The van der Waals surface area contributed by atoms with Crippen LogP contribution >= 0.6 is 0 Å². The molecule has 3 nitrogen and oxygen atoms in total. The first-order valence-corrected chi connectivity index (χ1v) is 6.07. The van der Waals surface area contributed by atoms with Crippen molar-refractivity contribution in [2.24, 2.45) is 5.92 Å². The number of hydrogen-bond acceptors (Lipinski definition) is 3. The number of hydrogen-bond donors (Lipinski definition) is 2. The SMILES string of the molecule is CC[C@@H](O)C(C(=O)c1ccccc1)[C@@H](O)CC. The highest BCUT2D eigenvalue weighted by Gasteiger charge is 2.32. The Labute approximate surface area is 102 Å². The Hall–Kier alpha value is -1.19. The lowest BCUT2D eigenvalue weighted by atomic mass is 9.85. The number of ketones is 1. The van der Waals surface area contributed by atoms with Gasteiger partial charge in [-0.15, -0.1) is 0 Å². The van der Waals surface area contributed by atoms with Gasteiger partial charge in [0, 0.05) is 5.56 Å². The Bertz CT molecular complexity index is 338. The summed E-state index contributed by atoms with van der Waals surface area (Å²) >= 11 is 0. The third kappa shape index (κ3) is 3.38. The van der Waals surface area contributed by atoms with Crippen LogP contribution in [0.2, 0.25) is 0 Å². The summed E-state index contributed by atoms with van der Waals surface area (Å²) in [6.45, 7) is 3.61. The normalized spacial score (nSPS) is 16.2. The molecular formula is C14H20O3. The van der Waals surface area contributed by atoms with E-state index in [0.717, 1.165) is 0 Å². The topological polar surface area (TPSA) is 57.5 Å². The zero-order valence-corrected chi connectivity index (χ0v) is 10.3. The summed E-state index contributed by atoms with van der Waals surface area (Å²) in [7, 11) is 0. The van der Waals surface area contributed by atoms with Gasteiger partial charge in [0.25, 0.3) is 0 Å². The number of Topliss-reactive ketones (excluding diaryl/α,β-unsaturated/α-hetero) is 1. The van der Waals surface area contributed by atoms with E-state index in [1.54, 1.807) is 38.1 Å². The van der Waals surface area contributed by atoms with Crippen molar-refractivity contribution in [2.75, 3.05) is 0 Å². The third-order valence-electron chi connectivity index (χ3n) is 3.03. The largest absolute Gasteiger partial charge is 0.392 e. The molecule has 0 radical (unpaired) electrons. The summed E-state index contributed by atoms with van der Waals surface area (Å²) in [5.41, 5.74) is 0.539. The lowest BCUT2D eigenvalue weighted by molar-refractivity contribution is 0.0136. The highest BCUT2D eigenvalue weighted by Crippen LogP contribution is 2.20. The molecule has 17 heavy (non-hydrogen) atoms. The number of carbonyl (C=O) groups excluding carboxylic acids is 1. The van der Waals surface area contributed by atoms with Gasteiger partial charge in [-0.25, -0.2) is 0 Å². The molecule has 0 spiro atoms. The van der Waals surface area contributed by atoms with Gasteiger partial charge in [0.15, 0.2) is 5.78 Å². The Kier molecular flexibility index (Phi) is 5.32. The number of aliphatic hydroxyl groups is 2. The van der Waals surface area contributed by atoms with Crippen LogP contribution < -0.4 is 0 Å². The van der Waals surface area contributed by atoms with E-state index in [9.17, 15) is 15.0 Å². The van der Waals surface area contributed by atoms with E-state index >= 15 is 0 Å². The molecule has 0 aliphatic heterocycles. The molecule has 0 aliphatic carbocycles.